The number of rotatable bonds is 2. The highest BCUT2D eigenvalue weighted by atomic mass is 16.1. The second-order valence-electron chi connectivity index (χ2n) is 2.09. The molecular weight excluding hydrogens is 144 g/mol. The first-order valence-corrected chi connectivity index (χ1v) is 3.05. The molecule has 11 heavy (non-hydrogen) atoms. The molecule has 1 aromatic rings. The molecule has 4 N–H and O–H groups in total. The lowest BCUT2D eigenvalue weighted by atomic mass is 10.3. The van der Waals surface area contributed by atoms with Crippen LogP contribution in [0.1, 0.15) is 5.69 Å². The molecule has 0 aliphatic carbocycles. The number of hydrogen-bond donors (Lipinski definition) is 2. The summed E-state index contributed by atoms with van der Waals surface area (Å²) >= 11 is 0. The summed E-state index contributed by atoms with van der Waals surface area (Å²) in [6.45, 7) is 0. The topological polar surface area (TPSA) is 94.9 Å². The van der Waals surface area contributed by atoms with Crippen LogP contribution in [0.4, 0.5) is 5.82 Å². The summed E-state index contributed by atoms with van der Waals surface area (Å²) in [5.74, 6) is -0.0951. The van der Waals surface area contributed by atoms with Crippen molar-refractivity contribution in [1.29, 1.82) is 0 Å². The van der Waals surface area contributed by atoms with Crippen molar-refractivity contribution in [2.24, 2.45) is 5.73 Å². The fraction of sp³-hybridized carbons (Fsp3) is 0.167. The minimum Gasteiger partial charge on any atom is -0.382 e. The number of carbonyl (C=O) groups excluding carboxylic acids is 1. The molecule has 1 aromatic heterocycles. The highest BCUT2D eigenvalue weighted by Gasteiger charge is 1.98. The van der Waals surface area contributed by atoms with Crippen molar-refractivity contribution in [3.8, 4) is 0 Å². The van der Waals surface area contributed by atoms with E-state index in [-0.39, 0.29) is 6.42 Å². The third kappa shape index (κ3) is 2.21. The molecule has 0 saturated carbocycles. The third-order valence-electron chi connectivity index (χ3n) is 1.10. The minimum atomic E-state index is -0.427. The number of anilines is 1. The second-order valence-corrected chi connectivity index (χ2v) is 2.09. The zero-order valence-corrected chi connectivity index (χ0v) is 5.82. The number of hydrogen-bond acceptors (Lipinski definition) is 4. The maximum absolute atomic E-state index is 10.4. The van der Waals surface area contributed by atoms with Gasteiger partial charge in [-0.25, -0.2) is 0 Å². The minimum absolute atomic E-state index is 0.104. The molecular formula is C6H8N4O. The van der Waals surface area contributed by atoms with E-state index in [1.54, 1.807) is 12.1 Å². The quantitative estimate of drug-likeness (QED) is 0.573. The Hall–Kier alpha value is -1.65. The van der Waals surface area contributed by atoms with E-state index in [1.165, 1.54) is 0 Å². The van der Waals surface area contributed by atoms with Gasteiger partial charge in [-0.2, -0.15) is 5.10 Å². The molecule has 1 heterocycles. The number of nitrogens with two attached hydrogens (primary N) is 2. The molecule has 5 heteroatoms. The monoisotopic (exact) mass is 152 g/mol. The van der Waals surface area contributed by atoms with Gasteiger partial charge in [0.2, 0.25) is 5.91 Å². The molecule has 0 radical (unpaired) electrons. The Labute approximate surface area is 63.4 Å². The molecule has 58 valence electrons. The van der Waals surface area contributed by atoms with Crippen LogP contribution in [-0.2, 0) is 11.2 Å². The second kappa shape index (κ2) is 2.96. The summed E-state index contributed by atoms with van der Waals surface area (Å²) in [7, 11) is 0. The largest absolute Gasteiger partial charge is 0.382 e. The molecule has 0 unspecified atom stereocenters. The highest BCUT2D eigenvalue weighted by Crippen LogP contribution is 1.96. The van der Waals surface area contributed by atoms with Gasteiger partial charge in [-0.3, -0.25) is 4.79 Å². The Balaban J connectivity index is 2.74. The number of primary amides is 1. The molecule has 1 amide bonds. The van der Waals surface area contributed by atoms with Crippen molar-refractivity contribution in [3.05, 3.63) is 17.8 Å². The van der Waals surface area contributed by atoms with Gasteiger partial charge in [0.15, 0.2) is 0 Å². The van der Waals surface area contributed by atoms with Crippen molar-refractivity contribution < 1.29 is 4.79 Å². The third-order valence-corrected chi connectivity index (χ3v) is 1.10. The molecule has 0 spiro atoms. The van der Waals surface area contributed by atoms with Crippen LogP contribution in [0.25, 0.3) is 0 Å². The average molecular weight is 152 g/mol. The smallest absolute Gasteiger partial charge is 0.223 e. The summed E-state index contributed by atoms with van der Waals surface area (Å²) in [5.41, 5.74) is 10.7. The van der Waals surface area contributed by atoms with E-state index < -0.39 is 5.91 Å². The molecule has 0 aliphatic heterocycles. The first-order chi connectivity index (χ1) is 5.18. The molecule has 0 atom stereocenters. The van der Waals surface area contributed by atoms with Crippen LogP contribution in [0.2, 0.25) is 0 Å². The van der Waals surface area contributed by atoms with Crippen molar-refractivity contribution >= 4 is 11.7 Å². The summed E-state index contributed by atoms with van der Waals surface area (Å²) < 4.78 is 0. The molecule has 0 aliphatic rings. The van der Waals surface area contributed by atoms with Crippen molar-refractivity contribution in [1.82, 2.24) is 10.2 Å². The summed E-state index contributed by atoms with van der Waals surface area (Å²) in [6, 6.07) is 3.19. The molecule has 0 bridgehead atoms. The Morgan fingerprint density at radius 2 is 2.18 bits per heavy atom. The Morgan fingerprint density at radius 1 is 1.45 bits per heavy atom. The average Bonchev–Trinajstić information content (AvgIpc) is 1.93. The Bertz CT molecular complexity index is 256. The van der Waals surface area contributed by atoms with Gasteiger partial charge in [0.1, 0.15) is 5.82 Å². The van der Waals surface area contributed by atoms with Gasteiger partial charge in [0.05, 0.1) is 12.1 Å². The van der Waals surface area contributed by atoms with Crippen LogP contribution in [0.15, 0.2) is 12.1 Å². The lowest BCUT2D eigenvalue weighted by molar-refractivity contribution is -0.117. The van der Waals surface area contributed by atoms with Crippen LogP contribution in [-0.4, -0.2) is 16.1 Å². The van der Waals surface area contributed by atoms with E-state index in [9.17, 15) is 4.79 Å². The van der Waals surface area contributed by atoms with Crippen molar-refractivity contribution in [2.75, 3.05) is 5.73 Å². The van der Waals surface area contributed by atoms with Gasteiger partial charge < -0.3 is 11.5 Å². The van der Waals surface area contributed by atoms with Crippen molar-refractivity contribution in [2.45, 2.75) is 6.42 Å². The van der Waals surface area contributed by atoms with Gasteiger partial charge in [0.25, 0.3) is 0 Å². The first kappa shape index (κ1) is 7.46. The molecule has 5 nitrogen and oxygen atoms in total. The zero-order valence-electron chi connectivity index (χ0n) is 5.82. The first-order valence-electron chi connectivity index (χ1n) is 3.05. The molecule has 1 rings (SSSR count). The van der Waals surface area contributed by atoms with Crippen LogP contribution < -0.4 is 11.5 Å². The predicted molar refractivity (Wildman–Crippen MR) is 39.3 cm³/mol. The van der Waals surface area contributed by atoms with E-state index in [2.05, 4.69) is 10.2 Å². The van der Waals surface area contributed by atoms with E-state index in [4.69, 9.17) is 11.5 Å². The van der Waals surface area contributed by atoms with Gasteiger partial charge >= 0.3 is 0 Å². The lowest BCUT2D eigenvalue weighted by Crippen LogP contribution is -2.15. The van der Waals surface area contributed by atoms with E-state index in [1.807, 2.05) is 0 Å². The number of amides is 1. The van der Waals surface area contributed by atoms with Gasteiger partial charge in [-0.15, -0.1) is 5.10 Å². The van der Waals surface area contributed by atoms with Gasteiger partial charge in [0, 0.05) is 0 Å². The number of carbonyl (C=O) groups is 1. The molecule has 0 saturated heterocycles. The van der Waals surface area contributed by atoms with Gasteiger partial charge in [-0.05, 0) is 12.1 Å². The summed E-state index contributed by atoms with van der Waals surface area (Å²) in [4.78, 5) is 10.4. The van der Waals surface area contributed by atoms with Crippen molar-refractivity contribution in [3.63, 3.8) is 0 Å². The van der Waals surface area contributed by atoms with Gasteiger partial charge in [-0.1, -0.05) is 0 Å². The van der Waals surface area contributed by atoms with Crippen LogP contribution >= 0.6 is 0 Å². The normalized spacial score (nSPS) is 9.45. The Kier molecular flexibility index (Phi) is 2.00. The SMILES string of the molecule is NC(=O)Cc1ccc(N)nn1. The van der Waals surface area contributed by atoms with Crippen LogP contribution in [0, 0.1) is 0 Å². The summed E-state index contributed by atoms with van der Waals surface area (Å²) in [6.07, 6.45) is 0.104. The number of nitrogen functional groups attached to an aromatic ring is 1. The zero-order chi connectivity index (χ0) is 8.27. The lowest BCUT2D eigenvalue weighted by Gasteiger charge is -1.94. The predicted octanol–water partition coefficient (Wildman–Crippen LogP) is -0.913. The highest BCUT2D eigenvalue weighted by molar-refractivity contribution is 5.76. The van der Waals surface area contributed by atoms with E-state index >= 15 is 0 Å². The maximum Gasteiger partial charge on any atom is 0.223 e. The molecule has 0 aromatic carbocycles. The van der Waals surface area contributed by atoms with E-state index in [0.29, 0.717) is 11.5 Å². The van der Waals surface area contributed by atoms with E-state index in [0.717, 1.165) is 0 Å². The number of nitrogens with zero attached hydrogens (tertiary/aromatic N) is 2. The Morgan fingerprint density at radius 3 is 2.64 bits per heavy atom. The van der Waals surface area contributed by atoms with Crippen LogP contribution in [0.3, 0.4) is 0 Å². The number of aromatic nitrogens is 2. The maximum atomic E-state index is 10.4. The fourth-order valence-corrected chi connectivity index (χ4v) is 0.643. The van der Waals surface area contributed by atoms with Crippen LogP contribution in [0.5, 0.6) is 0 Å². The fourth-order valence-electron chi connectivity index (χ4n) is 0.643. The summed E-state index contributed by atoms with van der Waals surface area (Å²) in [5, 5.41) is 7.19. The standard InChI is InChI=1S/C6H8N4O/c7-5-2-1-4(9-10-5)3-6(8)11/h1-2H,3H2,(H2,7,10)(H2,8,11). The molecule has 0 fully saturated rings.